The van der Waals surface area contributed by atoms with Gasteiger partial charge in [-0.3, -0.25) is 14.5 Å². The largest absolute Gasteiger partial charge is 0.379 e. The molecule has 2 aromatic carbocycles. The first-order chi connectivity index (χ1) is 15.3. The van der Waals surface area contributed by atoms with Gasteiger partial charge in [0.25, 0.3) is 0 Å². The number of nitrogens with zero attached hydrogens (tertiary/aromatic N) is 2. The molecule has 1 saturated heterocycles. The Hall–Kier alpha value is -2.79. The number of benzene rings is 2. The lowest BCUT2D eigenvalue weighted by atomic mass is 9.93. The molecule has 170 valence electrons. The van der Waals surface area contributed by atoms with Crippen molar-refractivity contribution in [3.8, 4) is 0 Å². The van der Waals surface area contributed by atoms with E-state index in [1.165, 1.54) is 16.4 Å². The molecule has 10 heteroatoms. The number of primary amides is 1. The molecule has 0 aromatic heterocycles. The van der Waals surface area contributed by atoms with Crippen molar-refractivity contribution in [2.24, 2.45) is 5.73 Å². The van der Waals surface area contributed by atoms with E-state index in [1.807, 2.05) is 24.3 Å². The van der Waals surface area contributed by atoms with Crippen LogP contribution in [0.25, 0.3) is 0 Å². The summed E-state index contributed by atoms with van der Waals surface area (Å²) in [6.45, 7) is 1.70. The van der Waals surface area contributed by atoms with Crippen LogP contribution in [-0.4, -0.2) is 68.3 Å². The van der Waals surface area contributed by atoms with Crippen molar-refractivity contribution in [1.29, 1.82) is 0 Å². The van der Waals surface area contributed by atoms with Crippen LogP contribution in [0.2, 0.25) is 0 Å². The number of sulfonamides is 1. The fourth-order valence-electron chi connectivity index (χ4n) is 4.08. The van der Waals surface area contributed by atoms with Gasteiger partial charge < -0.3 is 15.8 Å². The molecule has 0 bridgehead atoms. The number of amides is 2. The van der Waals surface area contributed by atoms with Crippen molar-refractivity contribution in [3.63, 3.8) is 0 Å². The lowest BCUT2D eigenvalue weighted by molar-refractivity contribution is -0.125. The molecule has 2 aliphatic rings. The SMILES string of the molecule is NC(=O)[C@@H]1Cc2ccccc2CN1CC(=O)Nc1cccc(S(=O)(=O)N2CCOCC2)c1. The van der Waals surface area contributed by atoms with E-state index in [2.05, 4.69) is 5.32 Å². The van der Waals surface area contributed by atoms with Gasteiger partial charge in [-0.05, 0) is 35.7 Å². The fraction of sp³-hybridized carbons (Fsp3) is 0.364. The van der Waals surface area contributed by atoms with Crippen LogP contribution >= 0.6 is 0 Å². The highest BCUT2D eigenvalue weighted by Gasteiger charge is 2.31. The minimum absolute atomic E-state index is 0.0393. The van der Waals surface area contributed by atoms with Gasteiger partial charge in [0, 0.05) is 25.3 Å². The first-order valence-corrected chi connectivity index (χ1v) is 11.9. The van der Waals surface area contributed by atoms with Crippen LogP contribution < -0.4 is 11.1 Å². The highest BCUT2D eigenvalue weighted by molar-refractivity contribution is 7.89. The lowest BCUT2D eigenvalue weighted by Gasteiger charge is -2.34. The fourth-order valence-corrected chi connectivity index (χ4v) is 5.53. The molecule has 1 fully saturated rings. The zero-order chi connectivity index (χ0) is 22.7. The molecule has 0 aliphatic carbocycles. The third kappa shape index (κ3) is 4.83. The number of ether oxygens (including phenoxy) is 1. The number of hydrogen-bond acceptors (Lipinski definition) is 6. The Morgan fingerprint density at radius 1 is 1.06 bits per heavy atom. The van der Waals surface area contributed by atoms with Crippen LogP contribution in [0.3, 0.4) is 0 Å². The topological polar surface area (TPSA) is 122 Å². The van der Waals surface area contributed by atoms with Crippen LogP contribution in [-0.2, 0) is 37.3 Å². The molecule has 0 radical (unpaired) electrons. The smallest absolute Gasteiger partial charge is 0.243 e. The average Bonchev–Trinajstić information content (AvgIpc) is 2.79. The highest BCUT2D eigenvalue weighted by Crippen LogP contribution is 2.24. The van der Waals surface area contributed by atoms with Gasteiger partial charge in [0.2, 0.25) is 21.8 Å². The highest BCUT2D eigenvalue weighted by atomic mass is 32.2. The van der Waals surface area contributed by atoms with E-state index in [1.54, 1.807) is 17.0 Å². The van der Waals surface area contributed by atoms with Gasteiger partial charge in [-0.2, -0.15) is 4.31 Å². The normalized spacial score (nSPS) is 19.8. The molecule has 4 rings (SSSR count). The number of carbonyl (C=O) groups excluding carboxylic acids is 2. The number of fused-ring (bicyclic) bond motifs is 1. The Morgan fingerprint density at radius 3 is 2.50 bits per heavy atom. The van der Waals surface area contributed by atoms with Gasteiger partial charge in [0.15, 0.2) is 0 Å². The maximum absolute atomic E-state index is 12.9. The van der Waals surface area contributed by atoms with E-state index in [-0.39, 0.29) is 17.3 Å². The lowest BCUT2D eigenvalue weighted by Crippen LogP contribution is -2.50. The van der Waals surface area contributed by atoms with Crippen molar-refractivity contribution >= 4 is 27.5 Å². The predicted octanol–water partition coefficient (Wildman–Crippen LogP) is 0.558. The summed E-state index contributed by atoms with van der Waals surface area (Å²) in [6, 6.07) is 13.4. The van der Waals surface area contributed by atoms with Gasteiger partial charge in [-0.1, -0.05) is 30.3 Å². The zero-order valence-corrected chi connectivity index (χ0v) is 18.4. The summed E-state index contributed by atoms with van der Waals surface area (Å²) < 4.78 is 32.4. The van der Waals surface area contributed by atoms with Crippen molar-refractivity contribution in [1.82, 2.24) is 9.21 Å². The second-order valence-corrected chi connectivity index (χ2v) is 9.83. The zero-order valence-electron chi connectivity index (χ0n) is 17.6. The van der Waals surface area contributed by atoms with Crippen LogP contribution in [0, 0.1) is 0 Å². The molecule has 0 unspecified atom stereocenters. The molecule has 1 atom stereocenters. The second-order valence-electron chi connectivity index (χ2n) is 7.89. The molecule has 2 amide bonds. The number of morpholine rings is 1. The van der Waals surface area contributed by atoms with E-state index in [0.717, 1.165) is 11.1 Å². The summed E-state index contributed by atoms with van der Waals surface area (Å²) in [5, 5.41) is 2.75. The number of carbonyl (C=O) groups is 2. The van der Waals surface area contributed by atoms with Gasteiger partial charge in [-0.25, -0.2) is 8.42 Å². The summed E-state index contributed by atoms with van der Waals surface area (Å²) in [7, 11) is -3.67. The molecule has 0 saturated carbocycles. The Kier molecular flexibility index (Phi) is 6.56. The minimum atomic E-state index is -3.67. The van der Waals surface area contributed by atoms with Crippen molar-refractivity contribution in [2.75, 3.05) is 38.2 Å². The quantitative estimate of drug-likeness (QED) is 0.652. The summed E-state index contributed by atoms with van der Waals surface area (Å²) in [4.78, 5) is 26.6. The van der Waals surface area contributed by atoms with E-state index < -0.39 is 22.0 Å². The van der Waals surface area contributed by atoms with Gasteiger partial charge in [0.1, 0.15) is 0 Å². The number of anilines is 1. The number of rotatable bonds is 6. The predicted molar refractivity (Wildman–Crippen MR) is 118 cm³/mol. The Bertz CT molecular complexity index is 1110. The van der Waals surface area contributed by atoms with Gasteiger partial charge >= 0.3 is 0 Å². The van der Waals surface area contributed by atoms with Crippen LogP contribution in [0.5, 0.6) is 0 Å². The molecule has 9 nitrogen and oxygen atoms in total. The van der Waals surface area contributed by atoms with Crippen molar-refractivity contribution in [2.45, 2.75) is 23.9 Å². The van der Waals surface area contributed by atoms with E-state index in [4.69, 9.17) is 10.5 Å². The Morgan fingerprint density at radius 2 is 1.78 bits per heavy atom. The Balaban J connectivity index is 1.46. The molecular weight excluding hydrogens is 432 g/mol. The number of nitrogens with two attached hydrogens (primary N) is 1. The third-order valence-electron chi connectivity index (χ3n) is 5.75. The molecule has 2 aromatic rings. The monoisotopic (exact) mass is 458 g/mol. The number of nitrogens with one attached hydrogen (secondary N) is 1. The van der Waals surface area contributed by atoms with Gasteiger partial charge in [-0.15, -0.1) is 0 Å². The molecular formula is C22H26N4O5S. The molecule has 3 N–H and O–H groups in total. The number of hydrogen-bond donors (Lipinski definition) is 2. The average molecular weight is 459 g/mol. The van der Waals surface area contributed by atoms with Crippen LogP contribution in [0.15, 0.2) is 53.4 Å². The van der Waals surface area contributed by atoms with Gasteiger partial charge in [0.05, 0.1) is 30.7 Å². The molecule has 0 spiro atoms. The maximum atomic E-state index is 12.9. The van der Waals surface area contributed by atoms with E-state index >= 15 is 0 Å². The summed E-state index contributed by atoms with van der Waals surface area (Å²) in [5.74, 6) is -0.831. The summed E-state index contributed by atoms with van der Waals surface area (Å²) >= 11 is 0. The third-order valence-corrected chi connectivity index (χ3v) is 7.64. The van der Waals surface area contributed by atoms with Crippen molar-refractivity contribution < 1.29 is 22.7 Å². The van der Waals surface area contributed by atoms with E-state index in [9.17, 15) is 18.0 Å². The molecule has 2 aliphatic heterocycles. The molecule has 2 heterocycles. The summed E-state index contributed by atoms with van der Waals surface area (Å²) in [5.41, 5.74) is 8.06. The first-order valence-electron chi connectivity index (χ1n) is 10.4. The standard InChI is InChI=1S/C22H26N4O5S/c23-22(28)20-12-16-4-1-2-5-17(16)14-25(20)15-21(27)24-18-6-3-7-19(13-18)32(29,30)26-8-10-31-11-9-26/h1-7,13,20H,8-12,14-15H2,(H2,23,28)(H,24,27)/t20-/m0/s1. The van der Waals surface area contributed by atoms with Crippen LogP contribution in [0.1, 0.15) is 11.1 Å². The van der Waals surface area contributed by atoms with Crippen molar-refractivity contribution in [3.05, 3.63) is 59.7 Å². The van der Waals surface area contributed by atoms with Crippen LogP contribution in [0.4, 0.5) is 5.69 Å². The minimum Gasteiger partial charge on any atom is -0.379 e. The maximum Gasteiger partial charge on any atom is 0.243 e. The first kappa shape index (κ1) is 22.4. The Labute approximate surface area is 187 Å². The van der Waals surface area contributed by atoms with E-state index in [0.29, 0.717) is 45.0 Å². The molecule has 32 heavy (non-hydrogen) atoms. The summed E-state index contributed by atoms with van der Waals surface area (Å²) in [6.07, 6.45) is 0.450. The second kappa shape index (κ2) is 9.37.